The zero-order valence-electron chi connectivity index (χ0n) is 47.5. The summed E-state index contributed by atoms with van der Waals surface area (Å²) in [5, 5.41) is 0. The van der Waals surface area contributed by atoms with Crippen molar-refractivity contribution < 1.29 is 0 Å². The maximum absolute atomic E-state index is 4.26. The molecule has 0 N–H and O–H groups in total. The largest absolute Gasteiger partial charge is 0.0764 e. The molecule has 0 aliphatic heterocycles. The SMILES string of the molecule is CC1(C)CC(C)(c2cc(Br)c(Br)c(C#Cc3ccccc3)c2)c2ccc(C3=C(c4ccccc4)CC4=C5C(=CCC(c6cc(Br)c7c(c6)C(C)(c6cc(Br)c(C#Cc8ccccc8)c(Br)c6)CC7(C)C)=C5c5ccccc5)C=CC4C3)cc21. The second-order valence-electron chi connectivity index (χ2n) is 24.9. The number of allylic oxidation sites excluding steroid dienone is 10. The number of benzene rings is 8. The molecule has 0 saturated heterocycles. The number of halogens is 5. The predicted octanol–water partition coefficient (Wildman–Crippen LogP) is 22.4. The average Bonchev–Trinajstić information content (AvgIpc) is 2.69. The van der Waals surface area contributed by atoms with E-state index in [9.17, 15) is 0 Å². The Balaban J connectivity index is 0.928. The summed E-state index contributed by atoms with van der Waals surface area (Å²) in [7, 11) is 0. The highest BCUT2D eigenvalue weighted by Gasteiger charge is 2.49. The molecule has 0 fully saturated rings. The molecule has 83 heavy (non-hydrogen) atoms. The Morgan fingerprint density at radius 1 is 0.446 bits per heavy atom. The van der Waals surface area contributed by atoms with Gasteiger partial charge in [0.2, 0.25) is 0 Å². The molecule has 0 spiro atoms. The van der Waals surface area contributed by atoms with Gasteiger partial charge in [-0.2, -0.15) is 0 Å². The van der Waals surface area contributed by atoms with Gasteiger partial charge in [0.05, 0.1) is 5.56 Å². The number of fused-ring (bicyclic) bond motifs is 4. The average molecular weight is 1400 g/mol. The third kappa shape index (κ3) is 10.1. The molecule has 0 nitrogen and oxygen atoms in total. The molecule has 5 heteroatoms. The van der Waals surface area contributed by atoms with Crippen LogP contribution in [0, 0.1) is 29.6 Å². The van der Waals surface area contributed by atoms with Crippen LogP contribution in [-0.2, 0) is 21.7 Å². The Morgan fingerprint density at radius 3 is 1.67 bits per heavy atom. The van der Waals surface area contributed by atoms with Gasteiger partial charge < -0.3 is 0 Å². The molecule has 408 valence electrons. The van der Waals surface area contributed by atoms with Crippen LogP contribution in [0.2, 0.25) is 0 Å². The van der Waals surface area contributed by atoms with E-state index in [1.807, 2.05) is 36.4 Å². The molecular weight excluding hydrogens is 1340 g/mol. The van der Waals surface area contributed by atoms with E-state index in [0.29, 0.717) is 0 Å². The summed E-state index contributed by atoms with van der Waals surface area (Å²) in [5.74, 6) is 14.0. The minimum Gasteiger partial charge on any atom is -0.0764 e. The lowest BCUT2D eigenvalue weighted by atomic mass is 9.67. The quantitative estimate of drug-likeness (QED) is 0.146. The first-order valence-electron chi connectivity index (χ1n) is 28.7. The number of hydrogen-bond donors (Lipinski definition) is 0. The lowest BCUT2D eigenvalue weighted by Crippen LogP contribution is -2.23. The van der Waals surface area contributed by atoms with Gasteiger partial charge in [-0.1, -0.05) is 226 Å². The van der Waals surface area contributed by atoms with Crippen molar-refractivity contribution in [3.05, 3.63) is 311 Å². The molecule has 8 aromatic carbocycles. The molecule has 0 heterocycles. The molecule has 5 aliphatic rings. The first kappa shape index (κ1) is 56.1. The molecule has 0 saturated carbocycles. The maximum Gasteiger partial charge on any atom is 0.0533 e. The summed E-state index contributed by atoms with van der Waals surface area (Å²) in [6, 6.07) is 64.6. The van der Waals surface area contributed by atoms with E-state index in [1.165, 1.54) is 99.1 Å². The normalized spacial score (nSPS) is 20.8. The molecular formula is C78H61Br5. The van der Waals surface area contributed by atoms with E-state index in [0.717, 1.165) is 72.2 Å². The minimum atomic E-state index is -0.282. The summed E-state index contributed by atoms with van der Waals surface area (Å²) in [6.45, 7) is 14.6. The molecule has 0 bridgehead atoms. The second-order valence-corrected chi connectivity index (χ2v) is 29.2. The highest BCUT2D eigenvalue weighted by atomic mass is 79.9. The van der Waals surface area contributed by atoms with Crippen LogP contribution < -0.4 is 0 Å². The Morgan fingerprint density at radius 2 is 1.01 bits per heavy atom. The van der Waals surface area contributed by atoms with E-state index >= 15 is 0 Å². The zero-order chi connectivity index (χ0) is 57.6. The molecule has 0 aromatic heterocycles. The Labute approximate surface area is 533 Å². The second kappa shape index (κ2) is 21.8. The molecule has 5 aliphatic carbocycles. The van der Waals surface area contributed by atoms with Crippen molar-refractivity contribution in [3.8, 4) is 23.7 Å². The minimum absolute atomic E-state index is 0.0704. The highest BCUT2D eigenvalue weighted by Crippen LogP contribution is 2.60. The smallest absolute Gasteiger partial charge is 0.0533 e. The fourth-order valence-electron chi connectivity index (χ4n) is 14.8. The van der Waals surface area contributed by atoms with Gasteiger partial charge in [-0.15, -0.1) is 0 Å². The fraction of sp³-hybridized carbons (Fsp3) is 0.205. The van der Waals surface area contributed by atoms with Gasteiger partial charge in [-0.05, 0) is 250 Å². The summed E-state index contributed by atoms with van der Waals surface area (Å²) < 4.78 is 5.17. The molecule has 0 amide bonds. The third-order valence-corrected chi connectivity index (χ3v) is 22.4. The van der Waals surface area contributed by atoms with Gasteiger partial charge in [0, 0.05) is 55.8 Å². The molecule has 8 aromatic rings. The van der Waals surface area contributed by atoms with E-state index in [-0.39, 0.29) is 27.6 Å². The number of rotatable bonds is 6. The van der Waals surface area contributed by atoms with Crippen LogP contribution >= 0.6 is 79.6 Å². The van der Waals surface area contributed by atoms with Gasteiger partial charge in [0.15, 0.2) is 0 Å². The Kier molecular flexibility index (Phi) is 14.7. The molecule has 0 radical (unpaired) electrons. The lowest BCUT2D eigenvalue weighted by molar-refractivity contribution is 0.424. The topological polar surface area (TPSA) is 0 Å². The van der Waals surface area contributed by atoms with E-state index in [1.54, 1.807) is 0 Å². The van der Waals surface area contributed by atoms with Gasteiger partial charge >= 0.3 is 0 Å². The van der Waals surface area contributed by atoms with Gasteiger partial charge in [0.25, 0.3) is 0 Å². The van der Waals surface area contributed by atoms with Crippen LogP contribution in [0.3, 0.4) is 0 Å². The van der Waals surface area contributed by atoms with Crippen molar-refractivity contribution in [3.63, 3.8) is 0 Å². The van der Waals surface area contributed by atoms with Crippen LogP contribution in [0.15, 0.2) is 233 Å². The van der Waals surface area contributed by atoms with Gasteiger partial charge in [-0.3, -0.25) is 0 Å². The van der Waals surface area contributed by atoms with Crippen molar-refractivity contribution >= 4 is 102 Å². The van der Waals surface area contributed by atoms with Crippen LogP contribution in [0.4, 0.5) is 0 Å². The summed E-state index contributed by atoms with van der Waals surface area (Å²) in [4.78, 5) is 0. The first-order chi connectivity index (χ1) is 39.9. The van der Waals surface area contributed by atoms with E-state index in [4.69, 9.17) is 0 Å². The van der Waals surface area contributed by atoms with Crippen LogP contribution in [-0.4, -0.2) is 0 Å². The van der Waals surface area contributed by atoms with E-state index in [2.05, 4.69) is 303 Å². The standard InChI is InChI=1S/C78H61Br5/c1-75(2)46-77(5,57-37-55(74(83)70(82)44-57)29-27-48-19-11-7-12-20-48)64-36-33-54(39-65(64)75)61-38-53-31-30-52-32-35-59(71(51-25-17-10-18-26-51)72(52)63(53)45-62(61)50-23-15-9-16-24-50)56-40-66-73(69(81)41-56)76(3,4)47-78(66,6)58-42-67(79)60(68(80)43-58)34-28-49-21-13-8-14-22-49/h7-26,30-33,36-37,39-44,53H,35,38,45-47H2,1-6H3. The summed E-state index contributed by atoms with van der Waals surface area (Å²) in [5.41, 5.74) is 26.4. The third-order valence-electron chi connectivity index (χ3n) is 18.5. The lowest BCUT2D eigenvalue weighted by Gasteiger charge is -2.37. The monoisotopic (exact) mass is 1390 g/mol. The van der Waals surface area contributed by atoms with Crippen LogP contribution in [0.25, 0.3) is 22.3 Å². The van der Waals surface area contributed by atoms with Crippen LogP contribution in [0.1, 0.15) is 152 Å². The van der Waals surface area contributed by atoms with E-state index < -0.39 is 0 Å². The van der Waals surface area contributed by atoms with Crippen molar-refractivity contribution in [1.82, 2.24) is 0 Å². The van der Waals surface area contributed by atoms with Gasteiger partial charge in [-0.25, -0.2) is 0 Å². The zero-order valence-corrected chi connectivity index (χ0v) is 55.4. The molecule has 3 atom stereocenters. The molecule has 3 unspecified atom stereocenters. The first-order valence-corrected chi connectivity index (χ1v) is 32.7. The highest BCUT2D eigenvalue weighted by molar-refractivity contribution is 9.13. The maximum atomic E-state index is 4.26. The summed E-state index contributed by atoms with van der Waals surface area (Å²) in [6.07, 6.45) is 12.0. The van der Waals surface area contributed by atoms with Crippen molar-refractivity contribution in [1.29, 1.82) is 0 Å². The van der Waals surface area contributed by atoms with Crippen LogP contribution in [0.5, 0.6) is 0 Å². The fourth-order valence-corrected chi connectivity index (χ4v) is 18.0. The van der Waals surface area contributed by atoms with Gasteiger partial charge in [0.1, 0.15) is 0 Å². The van der Waals surface area contributed by atoms with Crippen molar-refractivity contribution in [2.24, 2.45) is 5.92 Å². The predicted molar refractivity (Wildman–Crippen MR) is 365 cm³/mol. The summed E-state index contributed by atoms with van der Waals surface area (Å²) >= 11 is 20.1. The molecule has 13 rings (SSSR count). The Bertz CT molecular complexity index is 4280. The Hall–Kier alpha value is -6.02. The van der Waals surface area contributed by atoms with Crippen molar-refractivity contribution in [2.75, 3.05) is 0 Å². The van der Waals surface area contributed by atoms with Crippen molar-refractivity contribution in [2.45, 2.75) is 95.3 Å². The number of hydrogen-bond acceptors (Lipinski definition) is 0.